The van der Waals surface area contributed by atoms with Gasteiger partial charge in [0.25, 0.3) is 0 Å². The van der Waals surface area contributed by atoms with Crippen molar-refractivity contribution in [3.05, 3.63) is 29.8 Å². The maximum Gasteiger partial charge on any atom is 0.137 e. The Morgan fingerprint density at radius 3 is 2.43 bits per heavy atom. The molecule has 0 N–H and O–H groups in total. The summed E-state index contributed by atoms with van der Waals surface area (Å²) in [5.74, 6) is 1.34. The normalized spacial score (nSPS) is 11.1. The minimum Gasteiger partial charge on any atom is -0.491 e. The molecule has 0 aliphatic carbocycles. The summed E-state index contributed by atoms with van der Waals surface area (Å²) >= 11 is 0. The SMILES string of the molecule is CCC(CC)N(CCOc1ccccc1C#N)CC(C)C. The standard InChI is InChI=1S/C18H28N2O/c1-5-17(6-2)20(14-15(3)4)11-12-21-18-10-8-7-9-16(18)13-19/h7-10,15,17H,5-6,11-12,14H2,1-4H3. The summed E-state index contributed by atoms with van der Waals surface area (Å²) in [5.41, 5.74) is 0.607. The molecule has 3 nitrogen and oxygen atoms in total. The highest BCUT2D eigenvalue weighted by atomic mass is 16.5. The van der Waals surface area contributed by atoms with E-state index in [0.29, 0.717) is 29.9 Å². The third-order valence-electron chi connectivity index (χ3n) is 3.70. The molecule has 0 aliphatic heterocycles. The molecule has 21 heavy (non-hydrogen) atoms. The Kier molecular flexibility index (Phi) is 7.85. The highest BCUT2D eigenvalue weighted by Crippen LogP contribution is 2.17. The van der Waals surface area contributed by atoms with Crippen LogP contribution in [0.2, 0.25) is 0 Å². The number of ether oxygens (including phenoxy) is 1. The third kappa shape index (κ3) is 5.77. The first kappa shape index (κ1) is 17.5. The number of para-hydroxylation sites is 1. The Hall–Kier alpha value is -1.53. The van der Waals surface area contributed by atoms with Gasteiger partial charge in [0.15, 0.2) is 0 Å². The zero-order valence-electron chi connectivity index (χ0n) is 13.8. The molecule has 3 heteroatoms. The molecule has 1 aromatic rings. The fourth-order valence-electron chi connectivity index (χ4n) is 2.65. The van der Waals surface area contributed by atoms with Gasteiger partial charge < -0.3 is 4.74 Å². The first-order chi connectivity index (χ1) is 10.1. The van der Waals surface area contributed by atoms with E-state index in [1.165, 1.54) is 0 Å². The smallest absolute Gasteiger partial charge is 0.137 e. The van der Waals surface area contributed by atoms with Crippen molar-refractivity contribution < 1.29 is 4.74 Å². The molecule has 1 aromatic carbocycles. The van der Waals surface area contributed by atoms with Gasteiger partial charge in [-0.3, -0.25) is 4.90 Å². The predicted octanol–water partition coefficient (Wildman–Crippen LogP) is 4.08. The highest BCUT2D eigenvalue weighted by molar-refractivity contribution is 5.42. The van der Waals surface area contributed by atoms with E-state index in [1.54, 1.807) is 6.07 Å². The van der Waals surface area contributed by atoms with Gasteiger partial charge in [-0.15, -0.1) is 0 Å². The summed E-state index contributed by atoms with van der Waals surface area (Å²) in [6, 6.07) is 10.2. The van der Waals surface area contributed by atoms with Crippen molar-refractivity contribution in [1.29, 1.82) is 5.26 Å². The van der Waals surface area contributed by atoms with Crippen LogP contribution in [-0.4, -0.2) is 30.6 Å². The molecule has 0 atom stereocenters. The molecular formula is C18H28N2O. The van der Waals surface area contributed by atoms with E-state index >= 15 is 0 Å². The third-order valence-corrected chi connectivity index (χ3v) is 3.70. The number of nitriles is 1. The molecule has 0 aliphatic rings. The summed E-state index contributed by atoms with van der Waals surface area (Å²) in [6.45, 7) is 11.6. The van der Waals surface area contributed by atoms with Crippen molar-refractivity contribution in [2.45, 2.75) is 46.6 Å². The molecule has 0 saturated heterocycles. The van der Waals surface area contributed by atoms with Crippen molar-refractivity contribution in [3.63, 3.8) is 0 Å². The molecule has 0 fully saturated rings. The molecule has 0 amide bonds. The van der Waals surface area contributed by atoms with Crippen LogP contribution in [0.5, 0.6) is 5.75 Å². The Labute approximate surface area is 129 Å². The zero-order chi connectivity index (χ0) is 15.7. The van der Waals surface area contributed by atoms with E-state index in [4.69, 9.17) is 10.00 Å². The number of benzene rings is 1. The van der Waals surface area contributed by atoms with E-state index in [2.05, 4.69) is 38.7 Å². The average Bonchev–Trinajstić information content (AvgIpc) is 2.48. The van der Waals surface area contributed by atoms with Crippen LogP contribution in [0.15, 0.2) is 24.3 Å². The van der Waals surface area contributed by atoms with Gasteiger partial charge in [0.1, 0.15) is 18.4 Å². The minimum atomic E-state index is 0.607. The van der Waals surface area contributed by atoms with Gasteiger partial charge in [-0.2, -0.15) is 5.26 Å². The van der Waals surface area contributed by atoms with Crippen LogP contribution in [0.25, 0.3) is 0 Å². The molecule has 1 rings (SSSR count). The molecule has 0 bridgehead atoms. The first-order valence-electron chi connectivity index (χ1n) is 7.98. The Bertz CT molecular complexity index is 447. The number of rotatable bonds is 9. The fraction of sp³-hybridized carbons (Fsp3) is 0.611. The second-order valence-corrected chi connectivity index (χ2v) is 5.82. The van der Waals surface area contributed by atoms with Crippen LogP contribution in [0.3, 0.4) is 0 Å². The van der Waals surface area contributed by atoms with E-state index in [1.807, 2.05) is 18.2 Å². The van der Waals surface area contributed by atoms with Crippen molar-refractivity contribution in [2.75, 3.05) is 19.7 Å². The molecule has 0 spiro atoms. The number of hydrogen-bond donors (Lipinski definition) is 0. The second kappa shape index (κ2) is 9.41. The van der Waals surface area contributed by atoms with Crippen LogP contribution in [0.4, 0.5) is 0 Å². The number of nitrogens with zero attached hydrogens (tertiary/aromatic N) is 2. The maximum absolute atomic E-state index is 9.07. The van der Waals surface area contributed by atoms with Crippen LogP contribution in [-0.2, 0) is 0 Å². The van der Waals surface area contributed by atoms with Gasteiger partial charge in [0, 0.05) is 19.1 Å². The summed E-state index contributed by atoms with van der Waals surface area (Å²) in [6.07, 6.45) is 2.33. The predicted molar refractivity (Wildman–Crippen MR) is 87.4 cm³/mol. The summed E-state index contributed by atoms with van der Waals surface area (Å²) in [5, 5.41) is 9.07. The first-order valence-corrected chi connectivity index (χ1v) is 7.98. The molecular weight excluding hydrogens is 260 g/mol. The second-order valence-electron chi connectivity index (χ2n) is 5.82. The monoisotopic (exact) mass is 288 g/mol. The molecule has 0 aromatic heterocycles. The largest absolute Gasteiger partial charge is 0.491 e. The molecule has 0 radical (unpaired) electrons. The van der Waals surface area contributed by atoms with E-state index in [9.17, 15) is 0 Å². The zero-order valence-corrected chi connectivity index (χ0v) is 13.8. The van der Waals surface area contributed by atoms with Gasteiger partial charge in [0.05, 0.1) is 5.56 Å². The van der Waals surface area contributed by atoms with E-state index < -0.39 is 0 Å². The van der Waals surface area contributed by atoms with Gasteiger partial charge >= 0.3 is 0 Å². The van der Waals surface area contributed by atoms with Crippen molar-refractivity contribution in [1.82, 2.24) is 4.90 Å². The van der Waals surface area contributed by atoms with Gasteiger partial charge in [0.2, 0.25) is 0 Å². The highest BCUT2D eigenvalue weighted by Gasteiger charge is 2.16. The minimum absolute atomic E-state index is 0.607. The Morgan fingerprint density at radius 2 is 1.86 bits per heavy atom. The van der Waals surface area contributed by atoms with Crippen LogP contribution < -0.4 is 4.74 Å². The summed E-state index contributed by atoms with van der Waals surface area (Å²) in [7, 11) is 0. The van der Waals surface area contributed by atoms with E-state index in [-0.39, 0.29) is 0 Å². The summed E-state index contributed by atoms with van der Waals surface area (Å²) in [4.78, 5) is 2.51. The van der Waals surface area contributed by atoms with Crippen LogP contribution in [0, 0.1) is 17.2 Å². The molecule has 0 saturated carbocycles. The van der Waals surface area contributed by atoms with Crippen molar-refractivity contribution >= 4 is 0 Å². The van der Waals surface area contributed by atoms with Crippen LogP contribution in [0.1, 0.15) is 46.1 Å². The topological polar surface area (TPSA) is 36.3 Å². The summed E-state index contributed by atoms with van der Waals surface area (Å²) < 4.78 is 5.82. The van der Waals surface area contributed by atoms with Gasteiger partial charge in [-0.25, -0.2) is 0 Å². The van der Waals surface area contributed by atoms with Gasteiger partial charge in [-0.1, -0.05) is 39.8 Å². The van der Waals surface area contributed by atoms with E-state index in [0.717, 1.165) is 25.9 Å². The fourth-order valence-corrected chi connectivity index (χ4v) is 2.65. The van der Waals surface area contributed by atoms with Crippen LogP contribution >= 0.6 is 0 Å². The quantitative estimate of drug-likeness (QED) is 0.687. The lowest BCUT2D eigenvalue weighted by molar-refractivity contribution is 0.137. The van der Waals surface area contributed by atoms with Crippen molar-refractivity contribution in [3.8, 4) is 11.8 Å². The Balaban J connectivity index is 2.59. The lowest BCUT2D eigenvalue weighted by Gasteiger charge is -2.31. The average molecular weight is 288 g/mol. The number of hydrogen-bond acceptors (Lipinski definition) is 3. The Morgan fingerprint density at radius 1 is 1.19 bits per heavy atom. The molecule has 0 heterocycles. The lowest BCUT2D eigenvalue weighted by atomic mass is 10.1. The van der Waals surface area contributed by atoms with Gasteiger partial charge in [-0.05, 0) is 30.9 Å². The molecule has 0 unspecified atom stereocenters. The lowest BCUT2D eigenvalue weighted by Crippen LogP contribution is -2.40. The van der Waals surface area contributed by atoms with Crippen molar-refractivity contribution in [2.24, 2.45) is 5.92 Å². The molecule has 116 valence electrons. The maximum atomic E-state index is 9.07.